The summed E-state index contributed by atoms with van der Waals surface area (Å²) in [5, 5.41) is 17.1. The van der Waals surface area contributed by atoms with E-state index in [9.17, 15) is 4.79 Å². The number of benzene rings is 1. The van der Waals surface area contributed by atoms with Crippen molar-refractivity contribution in [3.05, 3.63) is 35.4 Å². The van der Waals surface area contributed by atoms with E-state index >= 15 is 0 Å². The Bertz CT molecular complexity index is 504. The molecular formula is C22H42O3P2. The van der Waals surface area contributed by atoms with E-state index in [2.05, 4.69) is 36.6 Å². The van der Waals surface area contributed by atoms with Gasteiger partial charge in [-0.05, 0) is 17.7 Å². The summed E-state index contributed by atoms with van der Waals surface area (Å²) in [5.41, 5.74) is 0.956. The molecule has 0 fully saturated rings. The number of carboxylic acid groups (broad SMARTS) is 1. The van der Waals surface area contributed by atoms with Gasteiger partial charge >= 0.3 is 112 Å². The number of aliphatic hydroxyl groups excluding tert-OH is 1. The molecule has 0 aliphatic rings. The molecule has 1 unspecified atom stereocenters. The number of hydrogen-bond donors (Lipinski definition) is 2. The van der Waals surface area contributed by atoms with Crippen LogP contribution in [-0.4, -0.2) is 40.8 Å². The van der Waals surface area contributed by atoms with Gasteiger partial charge in [-0.3, -0.25) is 0 Å². The van der Waals surface area contributed by atoms with Crippen LogP contribution in [0.1, 0.15) is 82.1 Å². The topological polar surface area (TPSA) is 57.5 Å². The summed E-state index contributed by atoms with van der Waals surface area (Å²) in [6, 6.07) is 6.11. The van der Waals surface area contributed by atoms with Crippen LogP contribution in [0.3, 0.4) is 0 Å². The molecule has 2 N–H and O–H groups in total. The summed E-state index contributed by atoms with van der Waals surface area (Å²) in [6.45, 7) is 9.40. The predicted molar refractivity (Wildman–Crippen MR) is 126 cm³/mol. The van der Waals surface area contributed by atoms with Gasteiger partial charge in [0.25, 0.3) is 0 Å². The Morgan fingerprint density at radius 1 is 0.889 bits per heavy atom. The fourth-order valence-electron chi connectivity index (χ4n) is 3.32. The molecule has 0 radical (unpaired) electrons. The standard InChI is InChI=1S/C14H34P2.C8H8O3/c1-5-9-12-16(15,8-4,13-10-6-2)14-11-7-3;9-5-6-1-3-7(4-2-6)8(10)11/h5-15H2,1-4H3;1-4,9H,5H2,(H,10,11). The van der Waals surface area contributed by atoms with Crippen molar-refractivity contribution in [2.45, 2.75) is 72.8 Å². The molecule has 3 nitrogen and oxygen atoms in total. The first kappa shape index (κ1) is 26.5. The summed E-state index contributed by atoms with van der Waals surface area (Å²) in [5.74, 6) is -0.950. The normalized spacial score (nSPS) is 12.6. The van der Waals surface area contributed by atoms with Crippen molar-refractivity contribution in [1.29, 1.82) is 0 Å². The average molecular weight is 417 g/mol. The van der Waals surface area contributed by atoms with Crippen LogP contribution in [-0.2, 0) is 6.61 Å². The van der Waals surface area contributed by atoms with Crippen LogP contribution in [0.4, 0.5) is 0 Å². The van der Waals surface area contributed by atoms with E-state index in [0.29, 0.717) is 0 Å². The van der Waals surface area contributed by atoms with Crippen LogP contribution in [0, 0.1) is 0 Å². The van der Waals surface area contributed by atoms with Gasteiger partial charge in [0, 0.05) is 0 Å². The van der Waals surface area contributed by atoms with Gasteiger partial charge in [-0.2, -0.15) is 0 Å². The first-order chi connectivity index (χ1) is 12.8. The van der Waals surface area contributed by atoms with Crippen molar-refractivity contribution in [2.24, 2.45) is 0 Å². The third kappa shape index (κ3) is 10.0. The van der Waals surface area contributed by atoms with Crippen molar-refractivity contribution in [2.75, 3.05) is 24.6 Å². The minimum atomic E-state index is -1.39. The van der Waals surface area contributed by atoms with Gasteiger partial charge in [-0.1, -0.05) is 12.1 Å². The smallest absolute Gasteiger partial charge is 0.335 e. The predicted octanol–water partition coefficient (Wildman–Crippen LogP) is 6.63. The Hall–Kier alpha value is -0.490. The van der Waals surface area contributed by atoms with Crippen LogP contribution < -0.4 is 0 Å². The van der Waals surface area contributed by atoms with E-state index < -0.39 is 12.3 Å². The zero-order valence-electron chi connectivity index (χ0n) is 17.9. The maximum Gasteiger partial charge on any atom is 0.335 e. The van der Waals surface area contributed by atoms with E-state index in [4.69, 9.17) is 10.2 Å². The maximum atomic E-state index is 10.3. The van der Waals surface area contributed by atoms with Gasteiger partial charge in [-0.25, -0.2) is 4.79 Å². The Morgan fingerprint density at radius 2 is 1.30 bits per heavy atom. The van der Waals surface area contributed by atoms with Gasteiger partial charge in [-0.15, -0.1) is 0 Å². The van der Waals surface area contributed by atoms with E-state index in [1.807, 2.05) is 0 Å². The quantitative estimate of drug-likeness (QED) is 0.376. The van der Waals surface area contributed by atoms with Crippen LogP contribution in [0.25, 0.3) is 0 Å². The SMILES string of the molecule is CCCCP(P)(CC)(CCCC)CCCC.O=C(O)c1ccc(CO)cc1. The van der Waals surface area contributed by atoms with E-state index in [-0.39, 0.29) is 12.2 Å². The first-order valence-corrected chi connectivity index (χ1v) is 15.1. The van der Waals surface area contributed by atoms with Gasteiger partial charge in [0.1, 0.15) is 0 Å². The van der Waals surface area contributed by atoms with Crippen LogP contribution in [0.5, 0.6) is 0 Å². The second kappa shape index (κ2) is 13.6. The second-order valence-corrected chi connectivity index (χ2v) is 18.3. The van der Waals surface area contributed by atoms with E-state index in [0.717, 1.165) is 5.56 Å². The van der Waals surface area contributed by atoms with Crippen molar-refractivity contribution >= 4 is 21.2 Å². The Labute approximate surface area is 169 Å². The van der Waals surface area contributed by atoms with E-state index in [1.54, 1.807) is 12.1 Å². The first-order valence-electron chi connectivity index (χ1n) is 10.5. The molecule has 1 rings (SSSR count). The molecule has 0 saturated carbocycles. The molecular weight excluding hydrogens is 374 g/mol. The zero-order valence-corrected chi connectivity index (χ0v) is 20.0. The second-order valence-electron chi connectivity index (χ2n) is 7.78. The fourth-order valence-corrected chi connectivity index (χ4v) is 10.1. The summed E-state index contributed by atoms with van der Waals surface area (Å²) in [7, 11) is 3.43. The Balaban J connectivity index is 0.000000533. The fraction of sp³-hybridized carbons (Fsp3) is 0.682. The number of aliphatic hydroxyl groups is 1. The summed E-state index contributed by atoms with van der Waals surface area (Å²) in [6.07, 6.45) is 13.1. The molecule has 0 bridgehead atoms. The van der Waals surface area contributed by atoms with Crippen molar-refractivity contribution in [3.63, 3.8) is 0 Å². The van der Waals surface area contributed by atoms with Crippen molar-refractivity contribution < 1.29 is 15.0 Å². The monoisotopic (exact) mass is 416 g/mol. The third-order valence-electron chi connectivity index (χ3n) is 5.58. The van der Waals surface area contributed by atoms with Crippen molar-refractivity contribution in [3.8, 4) is 0 Å². The average Bonchev–Trinajstić information content (AvgIpc) is 2.70. The van der Waals surface area contributed by atoms with E-state index in [1.165, 1.54) is 75.3 Å². The van der Waals surface area contributed by atoms with Gasteiger partial charge in [0.05, 0.1) is 12.2 Å². The molecule has 158 valence electrons. The zero-order chi connectivity index (χ0) is 20.8. The molecule has 0 aliphatic carbocycles. The molecule has 27 heavy (non-hydrogen) atoms. The summed E-state index contributed by atoms with van der Waals surface area (Å²) >= 11 is 0. The van der Waals surface area contributed by atoms with Crippen LogP contribution in [0.2, 0.25) is 0 Å². The minimum absolute atomic E-state index is 0.0557. The van der Waals surface area contributed by atoms with Gasteiger partial charge in [0.2, 0.25) is 0 Å². The summed E-state index contributed by atoms with van der Waals surface area (Å²) < 4.78 is 0. The number of rotatable bonds is 12. The van der Waals surface area contributed by atoms with Crippen LogP contribution in [0.15, 0.2) is 24.3 Å². The molecule has 1 aromatic carbocycles. The summed E-state index contributed by atoms with van der Waals surface area (Å²) in [4.78, 5) is 10.3. The van der Waals surface area contributed by atoms with Gasteiger partial charge in [0.15, 0.2) is 0 Å². The van der Waals surface area contributed by atoms with Crippen molar-refractivity contribution in [1.82, 2.24) is 0 Å². The molecule has 0 aromatic heterocycles. The molecule has 5 heteroatoms. The Morgan fingerprint density at radius 3 is 1.56 bits per heavy atom. The minimum Gasteiger partial charge on any atom is -0.478 e. The Kier molecular flexibility index (Phi) is 13.4. The van der Waals surface area contributed by atoms with Gasteiger partial charge < -0.3 is 10.2 Å². The number of hydrogen-bond acceptors (Lipinski definition) is 2. The third-order valence-corrected chi connectivity index (χ3v) is 15.3. The number of carboxylic acids is 1. The molecule has 0 saturated heterocycles. The molecule has 0 aliphatic heterocycles. The number of unbranched alkanes of at least 4 members (excludes halogenated alkanes) is 3. The number of carbonyl (C=O) groups is 1. The molecule has 0 spiro atoms. The molecule has 0 amide bonds. The maximum absolute atomic E-state index is 10.3. The largest absolute Gasteiger partial charge is 0.478 e. The number of aromatic carboxylic acids is 1. The van der Waals surface area contributed by atoms with Crippen LogP contribution >= 0.6 is 15.2 Å². The molecule has 1 atom stereocenters. The molecule has 0 heterocycles. The molecule has 1 aromatic rings.